The maximum absolute atomic E-state index is 13.7. The number of nitrogens with one attached hydrogen (secondary N) is 1. The molecule has 0 saturated carbocycles. The molecule has 0 spiro atoms. The highest BCUT2D eigenvalue weighted by Crippen LogP contribution is 2.43. The summed E-state index contributed by atoms with van der Waals surface area (Å²) in [5, 5.41) is 2.61. The quantitative estimate of drug-likeness (QED) is 0.164. The van der Waals surface area contributed by atoms with Crippen molar-refractivity contribution in [3.63, 3.8) is 0 Å². The van der Waals surface area contributed by atoms with Crippen LogP contribution in [0.3, 0.4) is 0 Å². The van der Waals surface area contributed by atoms with Gasteiger partial charge >= 0.3 is 0 Å². The van der Waals surface area contributed by atoms with Crippen LogP contribution in [0.1, 0.15) is 77.2 Å². The lowest BCUT2D eigenvalue weighted by Crippen LogP contribution is -2.33. The van der Waals surface area contributed by atoms with E-state index >= 15 is 0 Å². The number of Topliss-reactive ketones (excluding diaryl/α,β-unsaturated/α-hetero) is 1. The number of benzene rings is 1. The van der Waals surface area contributed by atoms with Gasteiger partial charge in [-0.1, -0.05) is 98.0 Å². The van der Waals surface area contributed by atoms with E-state index in [0.717, 1.165) is 44.9 Å². The summed E-state index contributed by atoms with van der Waals surface area (Å²) >= 11 is 0. The number of ketones is 1. The number of hydrogen-bond acceptors (Lipinski definition) is 4. The van der Waals surface area contributed by atoms with E-state index in [4.69, 9.17) is 4.74 Å². The monoisotopic (exact) mass is 584 g/mol. The zero-order valence-corrected chi connectivity index (χ0v) is 26.1. The van der Waals surface area contributed by atoms with E-state index in [1.807, 2.05) is 35.2 Å². The zero-order chi connectivity index (χ0) is 30.9. The predicted molar refractivity (Wildman–Crippen MR) is 174 cm³/mol. The number of hydrogen-bond donors (Lipinski definition) is 1. The molecule has 0 aromatic heterocycles. The van der Waals surface area contributed by atoms with Crippen LogP contribution in [0.5, 0.6) is 0 Å². The molecule has 2 aliphatic rings. The third-order valence-electron chi connectivity index (χ3n) is 7.86. The molecule has 2 aliphatic heterocycles. The second kappa shape index (κ2) is 17.9. The predicted octanol–water partition coefficient (Wildman–Crippen LogP) is 7.27. The Labute approximate surface area is 258 Å². The first kappa shape index (κ1) is 33.6. The van der Waals surface area contributed by atoms with Gasteiger partial charge in [0, 0.05) is 38.0 Å². The molecule has 0 bridgehead atoms. The second-order valence-electron chi connectivity index (χ2n) is 11.1. The highest BCUT2D eigenvalue weighted by Gasteiger charge is 2.51. The number of carbonyl (C=O) groups excluding carboxylic acids is 3. The lowest BCUT2D eigenvalue weighted by Gasteiger charge is -2.24. The van der Waals surface area contributed by atoms with Crippen molar-refractivity contribution in [3.05, 3.63) is 108 Å². The second-order valence-corrected chi connectivity index (χ2v) is 11.1. The van der Waals surface area contributed by atoms with E-state index in [0.29, 0.717) is 37.1 Å². The summed E-state index contributed by atoms with van der Waals surface area (Å²) in [4.78, 5) is 41.1. The van der Waals surface area contributed by atoms with Crippen molar-refractivity contribution in [1.82, 2.24) is 10.2 Å². The molecule has 43 heavy (non-hydrogen) atoms. The van der Waals surface area contributed by atoms with Gasteiger partial charge in [-0.15, -0.1) is 0 Å². The van der Waals surface area contributed by atoms with Gasteiger partial charge in [0.25, 0.3) is 5.91 Å². The lowest BCUT2D eigenvalue weighted by molar-refractivity contribution is -0.133. The van der Waals surface area contributed by atoms with Crippen LogP contribution in [0.15, 0.2) is 102 Å². The zero-order valence-electron chi connectivity index (χ0n) is 26.1. The largest absolute Gasteiger partial charge is 0.468 e. The van der Waals surface area contributed by atoms with E-state index in [-0.39, 0.29) is 23.4 Å². The number of likely N-dealkylation sites (N-methyl/N-ethyl adjacent to an activating group) is 1. The van der Waals surface area contributed by atoms with Crippen LogP contribution in [0.25, 0.3) is 0 Å². The fraction of sp³-hybridized carbons (Fsp3) is 0.432. The average molecular weight is 585 g/mol. The molecule has 1 aromatic carbocycles. The maximum Gasteiger partial charge on any atom is 0.286 e. The number of carbonyl (C=O) groups is 3. The van der Waals surface area contributed by atoms with Crippen LogP contribution < -0.4 is 5.32 Å². The topological polar surface area (TPSA) is 75.7 Å². The molecule has 1 fully saturated rings. The van der Waals surface area contributed by atoms with Gasteiger partial charge in [-0.05, 0) is 58.3 Å². The molecule has 2 amide bonds. The number of likely N-dealkylation sites (tertiary alicyclic amines) is 1. The Hall–Kier alpha value is -3.93. The molecular formula is C37H48N2O4. The standard InChI is InChI=1S/C37H48N2O4/c1-4-5-6-7-8-9-10-11-12-13-14-15-16-17-18-19-23-26-32(40)39-28-27-30(29-39)33-34(36(42)38-3)43-37(2,35(33)41)31-24-21-20-22-25-31/h5-6,8-9,11-12,14-15,17-18,20-22,24-25,30H,4,7,10,13,16,19,23,26-29H2,1-3H3,(H,38,42)/b6-5-,9-8-,12-11-,15-14-,18-17-/t30-,37?/m1/s1. The SMILES string of the molecule is CC/C=C\C/C=C\C/C=C\C/C=C\C/C=C\CCCC(=O)N1CC[C@@H](C2=C(C(=O)NC)OC(C)(c3ccccc3)C2=O)C1. The van der Waals surface area contributed by atoms with Crippen molar-refractivity contribution < 1.29 is 19.1 Å². The number of nitrogens with zero attached hydrogens (tertiary/aromatic N) is 1. The Morgan fingerprint density at radius 2 is 1.51 bits per heavy atom. The number of ether oxygens (including phenoxy) is 1. The van der Waals surface area contributed by atoms with Crippen molar-refractivity contribution in [2.24, 2.45) is 5.92 Å². The number of rotatable bonds is 16. The van der Waals surface area contributed by atoms with Gasteiger partial charge in [0.2, 0.25) is 11.7 Å². The van der Waals surface area contributed by atoms with E-state index in [2.05, 4.69) is 73.0 Å². The van der Waals surface area contributed by atoms with Crippen molar-refractivity contribution in [3.8, 4) is 0 Å². The highest BCUT2D eigenvalue weighted by atomic mass is 16.5. The minimum Gasteiger partial charge on any atom is -0.468 e. The Morgan fingerprint density at radius 3 is 2.09 bits per heavy atom. The van der Waals surface area contributed by atoms with E-state index in [9.17, 15) is 14.4 Å². The summed E-state index contributed by atoms with van der Waals surface area (Å²) in [6, 6.07) is 9.26. The average Bonchev–Trinajstić information content (AvgIpc) is 3.61. The summed E-state index contributed by atoms with van der Waals surface area (Å²) in [5.74, 6) is -0.661. The van der Waals surface area contributed by atoms with Gasteiger partial charge < -0.3 is 15.0 Å². The van der Waals surface area contributed by atoms with E-state index in [1.54, 1.807) is 6.92 Å². The van der Waals surface area contributed by atoms with Crippen LogP contribution in [-0.4, -0.2) is 42.6 Å². The molecule has 2 heterocycles. The highest BCUT2D eigenvalue weighted by molar-refractivity contribution is 6.11. The minimum absolute atomic E-state index is 0.0801. The van der Waals surface area contributed by atoms with Crippen molar-refractivity contribution >= 4 is 17.6 Å². The molecule has 3 rings (SSSR count). The van der Waals surface area contributed by atoms with Crippen LogP contribution in [-0.2, 0) is 24.7 Å². The van der Waals surface area contributed by atoms with Crippen LogP contribution in [0.4, 0.5) is 0 Å². The molecule has 6 nitrogen and oxygen atoms in total. The first-order chi connectivity index (χ1) is 20.9. The molecule has 1 unspecified atom stereocenters. The van der Waals surface area contributed by atoms with E-state index < -0.39 is 11.5 Å². The van der Waals surface area contributed by atoms with Crippen molar-refractivity contribution in [1.29, 1.82) is 0 Å². The number of unbranched alkanes of at least 4 members (excludes halogenated alkanes) is 1. The molecule has 1 aromatic rings. The molecule has 1 saturated heterocycles. The van der Waals surface area contributed by atoms with Gasteiger partial charge in [0.15, 0.2) is 11.4 Å². The Bertz CT molecular complexity index is 1250. The Balaban J connectivity index is 1.38. The first-order valence-corrected chi connectivity index (χ1v) is 15.7. The fourth-order valence-corrected chi connectivity index (χ4v) is 5.39. The van der Waals surface area contributed by atoms with Crippen molar-refractivity contribution in [2.45, 2.75) is 77.2 Å². The summed E-state index contributed by atoms with van der Waals surface area (Å²) in [7, 11) is 1.53. The molecule has 0 radical (unpaired) electrons. The molecular weight excluding hydrogens is 536 g/mol. The smallest absolute Gasteiger partial charge is 0.286 e. The Kier molecular flexibility index (Phi) is 14.0. The molecule has 1 N–H and O–H groups in total. The normalized spacial score (nSPS) is 21.0. The van der Waals surface area contributed by atoms with Gasteiger partial charge in [-0.3, -0.25) is 14.4 Å². The summed E-state index contributed by atoms with van der Waals surface area (Å²) in [6.07, 6.45) is 29.4. The minimum atomic E-state index is -1.25. The molecule has 2 atom stereocenters. The molecule has 230 valence electrons. The van der Waals surface area contributed by atoms with Crippen LogP contribution in [0, 0.1) is 5.92 Å². The summed E-state index contributed by atoms with van der Waals surface area (Å²) in [6.45, 7) is 4.86. The van der Waals surface area contributed by atoms with Gasteiger partial charge in [0.1, 0.15) is 0 Å². The van der Waals surface area contributed by atoms with E-state index in [1.165, 1.54) is 7.05 Å². The van der Waals surface area contributed by atoms with Crippen molar-refractivity contribution in [2.75, 3.05) is 20.1 Å². The number of allylic oxidation sites excluding steroid dienone is 10. The van der Waals surface area contributed by atoms with Gasteiger partial charge in [-0.2, -0.15) is 0 Å². The van der Waals surface area contributed by atoms with Gasteiger partial charge in [-0.25, -0.2) is 0 Å². The molecule has 6 heteroatoms. The van der Waals surface area contributed by atoms with Crippen LogP contribution >= 0.6 is 0 Å². The third-order valence-corrected chi connectivity index (χ3v) is 7.86. The Morgan fingerprint density at radius 1 is 0.930 bits per heavy atom. The molecule has 0 aliphatic carbocycles. The lowest BCUT2D eigenvalue weighted by atomic mass is 9.84. The van der Waals surface area contributed by atoms with Gasteiger partial charge in [0.05, 0.1) is 5.57 Å². The third kappa shape index (κ3) is 9.81. The first-order valence-electron chi connectivity index (χ1n) is 15.7. The maximum atomic E-state index is 13.7. The fourth-order valence-electron chi connectivity index (χ4n) is 5.39. The van der Waals surface area contributed by atoms with Crippen LogP contribution in [0.2, 0.25) is 0 Å². The summed E-state index contributed by atoms with van der Waals surface area (Å²) in [5.41, 5.74) is -0.144. The number of amides is 2. The summed E-state index contributed by atoms with van der Waals surface area (Å²) < 4.78 is 6.08.